The Morgan fingerprint density at radius 2 is 1.74 bits per heavy atom. The maximum atomic E-state index is 12.7. The van der Waals surface area contributed by atoms with E-state index < -0.39 is 7.14 Å². The van der Waals surface area contributed by atoms with Gasteiger partial charge in [-0.05, 0) is 66.7 Å². The van der Waals surface area contributed by atoms with Crippen LogP contribution in [0.4, 0.5) is 11.4 Å². The van der Waals surface area contributed by atoms with Crippen molar-refractivity contribution in [1.82, 2.24) is 4.90 Å². The quantitative estimate of drug-likeness (QED) is 0.390. The number of rotatable bonds is 7. The molecule has 0 aliphatic rings. The van der Waals surface area contributed by atoms with E-state index in [1.807, 2.05) is 29.6 Å². The van der Waals surface area contributed by atoms with Crippen LogP contribution in [0.25, 0.3) is 10.4 Å². The topological polar surface area (TPSA) is 92.5 Å². The number of nitrogens with one attached hydrogen (secondary N) is 1. The maximum absolute atomic E-state index is 12.7. The largest absolute Gasteiger partial charge is 0.397 e. The van der Waals surface area contributed by atoms with Crippen LogP contribution in [-0.2, 0) is 4.57 Å². The van der Waals surface area contributed by atoms with Crippen molar-refractivity contribution >= 4 is 41.7 Å². The zero-order valence-electron chi connectivity index (χ0n) is 17.8. The van der Waals surface area contributed by atoms with E-state index in [0.29, 0.717) is 35.2 Å². The second kappa shape index (κ2) is 9.50. The van der Waals surface area contributed by atoms with Gasteiger partial charge in [-0.1, -0.05) is 12.1 Å². The zero-order chi connectivity index (χ0) is 22.6. The number of carbonyl (C=O) groups excluding carboxylic acids is 2. The van der Waals surface area contributed by atoms with E-state index in [1.54, 1.807) is 66.9 Å². The summed E-state index contributed by atoms with van der Waals surface area (Å²) >= 11 is 1.61. The van der Waals surface area contributed by atoms with Crippen LogP contribution in [0, 0.1) is 0 Å². The van der Waals surface area contributed by atoms with Gasteiger partial charge in [0.1, 0.15) is 0 Å². The fourth-order valence-electron chi connectivity index (χ4n) is 2.93. The number of benzene rings is 2. The molecule has 0 saturated heterocycles. The maximum Gasteiger partial charge on any atom is 0.255 e. The van der Waals surface area contributed by atoms with Crippen molar-refractivity contribution in [2.45, 2.75) is 0 Å². The molecule has 0 bridgehead atoms. The number of carbonyl (C=O) groups is 2. The Morgan fingerprint density at radius 3 is 2.35 bits per heavy atom. The minimum Gasteiger partial charge on any atom is -0.397 e. The molecule has 1 heterocycles. The van der Waals surface area contributed by atoms with E-state index in [2.05, 4.69) is 5.32 Å². The molecule has 8 heteroatoms. The molecule has 0 radical (unpaired) electrons. The summed E-state index contributed by atoms with van der Waals surface area (Å²) in [6.45, 7) is 3.84. The molecular weight excluding hydrogens is 429 g/mol. The lowest BCUT2D eigenvalue weighted by Gasteiger charge is -2.18. The molecule has 0 aliphatic heterocycles. The van der Waals surface area contributed by atoms with Gasteiger partial charge in [-0.15, -0.1) is 11.3 Å². The van der Waals surface area contributed by atoms with Crippen LogP contribution >= 0.6 is 18.5 Å². The molecule has 2 amide bonds. The van der Waals surface area contributed by atoms with Crippen molar-refractivity contribution in [2.75, 3.05) is 44.1 Å². The summed E-state index contributed by atoms with van der Waals surface area (Å²) in [4.78, 5) is 27.9. The summed E-state index contributed by atoms with van der Waals surface area (Å²) in [6, 6.07) is 16.0. The molecule has 162 valence electrons. The highest BCUT2D eigenvalue weighted by molar-refractivity contribution is 7.62. The van der Waals surface area contributed by atoms with Crippen LogP contribution in [0.3, 0.4) is 0 Å². The van der Waals surface area contributed by atoms with Crippen LogP contribution in [0.2, 0.25) is 0 Å². The minimum absolute atomic E-state index is 0.173. The number of nitrogen functional groups attached to an aromatic ring is 1. The van der Waals surface area contributed by atoms with Crippen molar-refractivity contribution in [3.8, 4) is 10.4 Å². The smallest absolute Gasteiger partial charge is 0.255 e. The van der Waals surface area contributed by atoms with E-state index >= 15 is 0 Å². The molecule has 3 N–H and O–H groups in total. The first kappa shape index (κ1) is 22.8. The Morgan fingerprint density at radius 1 is 1.06 bits per heavy atom. The number of amides is 2. The van der Waals surface area contributed by atoms with E-state index in [1.165, 1.54) is 0 Å². The van der Waals surface area contributed by atoms with Gasteiger partial charge in [0.05, 0.1) is 18.5 Å². The fraction of sp³-hybridized carbons (Fsp3) is 0.217. The van der Waals surface area contributed by atoms with Crippen molar-refractivity contribution < 1.29 is 14.2 Å². The molecular formula is C23H26N3O3PS. The summed E-state index contributed by atoms with van der Waals surface area (Å²) in [6.07, 6.45) is 0.474. The van der Waals surface area contributed by atoms with Gasteiger partial charge in [-0.25, -0.2) is 0 Å². The highest BCUT2D eigenvalue weighted by Gasteiger charge is 2.16. The minimum atomic E-state index is -2.19. The van der Waals surface area contributed by atoms with Crippen molar-refractivity contribution in [2.24, 2.45) is 0 Å². The van der Waals surface area contributed by atoms with Crippen LogP contribution in [0.5, 0.6) is 0 Å². The van der Waals surface area contributed by atoms with Crippen LogP contribution in [-0.4, -0.2) is 49.8 Å². The number of hydrogen-bond acceptors (Lipinski definition) is 5. The van der Waals surface area contributed by atoms with Crippen molar-refractivity contribution in [1.29, 1.82) is 0 Å². The van der Waals surface area contributed by atoms with E-state index in [4.69, 9.17) is 5.73 Å². The lowest BCUT2D eigenvalue weighted by molar-refractivity contribution is 0.0802. The van der Waals surface area contributed by atoms with Crippen molar-refractivity contribution in [3.63, 3.8) is 0 Å². The summed E-state index contributed by atoms with van der Waals surface area (Å²) < 4.78 is 11.9. The lowest BCUT2D eigenvalue weighted by Crippen LogP contribution is -2.29. The summed E-state index contributed by atoms with van der Waals surface area (Å²) in [5, 5.41) is 4.84. The third kappa shape index (κ3) is 6.06. The summed E-state index contributed by atoms with van der Waals surface area (Å²) in [7, 11) is -0.503. The molecule has 3 rings (SSSR count). The van der Waals surface area contributed by atoms with Gasteiger partial charge in [0.25, 0.3) is 11.8 Å². The van der Waals surface area contributed by atoms with Crippen molar-refractivity contribution in [3.05, 3.63) is 71.1 Å². The van der Waals surface area contributed by atoms with Gasteiger partial charge in [0.2, 0.25) is 0 Å². The van der Waals surface area contributed by atoms with Crippen LogP contribution < -0.4 is 11.1 Å². The molecule has 0 aliphatic carbocycles. The Hall–Kier alpha value is -2.89. The Kier molecular flexibility index (Phi) is 6.98. The highest BCUT2D eigenvalue weighted by atomic mass is 32.1. The van der Waals surface area contributed by atoms with Gasteiger partial charge in [-0.2, -0.15) is 0 Å². The predicted octanol–water partition coefficient (Wildman–Crippen LogP) is 4.94. The third-order valence-electron chi connectivity index (χ3n) is 4.82. The molecule has 0 fully saturated rings. The standard InChI is InChI=1S/C23H26N3O3PS/c1-26(12-13-30(2,3)29)23(28)17-8-6-16(7-9-17)22(27)25-20-15-18(10-11-19(20)24)21-5-4-14-31-21/h4-11,14-15H,12-13,24H2,1-3H3,(H,25,27). The van der Waals surface area contributed by atoms with Gasteiger partial charge < -0.3 is 20.5 Å². The highest BCUT2D eigenvalue weighted by Crippen LogP contribution is 2.35. The average molecular weight is 456 g/mol. The molecule has 0 spiro atoms. The summed E-state index contributed by atoms with van der Waals surface area (Å²) in [5.41, 5.74) is 8.94. The molecule has 1 aromatic heterocycles. The predicted molar refractivity (Wildman–Crippen MR) is 130 cm³/mol. The Balaban J connectivity index is 1.69. The fourth-order valence-corrected chi connectivity index (χ4v) is 4.44. The third-order valence-corrected chi connectivity index (χ3v) is 7.02. The second-order valence-corrected chi connectivity index (χ2v) is 12.4. The van der Waals surface area contributed by atoms with Gasteiger partial charge in [0.15, 0.2) is 0 Å². The van der Waals surface area contributed by atoms with Gasteiger partial charge >= 0.3 is 0 Å². The first-order valence-electron chi connectivity index (χ1n) is 9.78. The summed E-state index contributed by atoms with van der Waals surface area (Å²) in [5.74, 6) is -0.478. The average Bonchev–Trinajstić information content (AvgIpc) is 3.27. The number of nitrogens with zero attached hydrogens (tertiary/aromatic N) is 1. The van der Waals surface area contributed by atoms with Crippen LogP contribution in [0.1, 0.15) is 20.7 Å². The molecule has 3 aromatic rings. The lowest BCUT2D eigenvalue weighted by atomic mass is 10.1. The number of anilines is 2. The number of hydrogen-bond donors (Lipinski definition) is 2. The molecule has 6 nitrogen and oxygen atoms in total. The van der Waals surface area contributed by atoms with Gasteiger partial charge in [-0.3, -0.25) is 9.59 Å². The zero-order valence-corrected chi connectivity index (χ0v) is 19.5. The van der Waals surface area contributed by atoms with E-state index in [0.717, 1.165) is 10.4 Å². The second-order valence-electron chi connectivity index (χ2n) is 7.84. The monoisotopic (exact) mass is 455 g/mol. The first-order chi connectivity index (χ1) is 14.6. The van der Waals surface area contributed by atoms with E-state index in [-0.39, 0.29) is 11.8 Å². The molecule has 31 heavy (non-hydrogen) atoms. The molecule has 0 atom stereocenters. The Bertz CT molecular complexity index is 1120. The Labute approximate surface area is 186 Å². The number of thiophene rings is 1. The number of nitrogens with two attached hydrogens (primary N) is 1. The molecule has 0 unspecified atom stereocenters. The SMILES string of the molecule is CN(CCP(C)(C)=O)C(=O)c1ccc(C(=O)Nc2cc(-c3cccs3)ccc2N)cc1. The molecule has 2 aromatic carbocycles. The van der Waals surface area contributed by atoms with Gasteiger partial charge in [0, 0.05) is 35.8 Å². The van der Waals surface area contributed by atoms with E-state index in [9.17, 15) is 14.2 Å². The first-order valence-corrected chi connectivity index (χ1v) is 13.4. The molecule has 0 saturated carbocycles. The normalized spacial score (nSPS) is 11.2. The van der Waals surface area contributed by atoms with Crippen LogP contribution in [0.15, 0.2) is 60.0 Å².